The molecule has 0 radical (unpaired) electrons. The third-order valence-corrected chi connectivity index (χ3v) is 1.81. The van der Waals surface area contributed by atoms with E-state index in [1.165, 1.54) is 0 Å². The van der Waals surface area contributed by atoms with Crippen LogP contribution in [0.2, 0.25) is 0 Å². The van der Waals surface area contributed by atoms with Crippen LogP contribution in [0.15, 0.2) is 0 Å². The van der Waals surface area contributed by atoms with E-state index in [0.29, 0.717) is 0 Å². The molecule has 0 heterocycles. The zero-order chi connectivity index (χ0) is 11.4. The Kier molecular flexibility index (Phi) is 4.47. The third kappa shape index (κ3) is 6.34. The minimum atomic E-state index is -4.38. The molecular weight excluding hydrogens is 218 g/mol. The standard InChI is InChI=1S/C5H9NO7S/c6-3(2-14(10,11)12)5(9)13-1-4(7)8/h3H,1-2,6H2,(H,7,8)(H,10,11,12)/t3-/m1/s1. The summed E-state index contributed by atoms with van der Waals surface area (Å²) in [6, 6.07) is -1.59. The number of esters is 1. The van der Waals surface area contributed by atoms with Crippen molar-refractivity contribution in [3.05, 3.63) is 0 Å². The van der Waals surface area contributed by atoms with E-state index in [2.05, 4.69) is 4.74 Å². The molecule has 0 fully saturated rings. The lowest BCUT2D eigenvalue weighted by atomic mass is 10.4. The smallest absolute Gasteiger partial charge is 0.341 e. The maximum absolute atomic E-state index is 10.7. The molecule has 9 heteroatoms. The largest absolute Gasteiger partial charge is 0.479 e. The fourth-order valence-corrected chi connectivity index (χ4v) is 1.12. The Morgan fingerprint density at radius 2 is 1.93 bits per heavy atom. The Hall–Kier alpha value is -1.19. The molecule has 0 saturated carbocycles. The SMILES string of the molecule is N[C@H](CS(=O)(=O)O)C(=O)OCC(=O)O. The summed E-state index contributed by atoms with van der Waals surface area (Å²) in [5.74, 6) is -3.60. The fraction of sp³-hybridized carbons (Fsp3) is 0.600. The summed E-state index contributed by atoms with van der Waals surface area (Å²) in [4.78, 5) is 20.7. The van der Waals surface area contributed by atoms with Gasteiger partial charge in [0, 0.05) is 0 Å². The highest BCUT2D eigenvalue weighted by Crippen LogP contribution is 1.91. The van der Waals surface area contributed by atoms with E-state index in [1.807, 2.05) is 0 Å². The first kappa shape index (κ1) is 12.8. The second-order valence-corrected chi connectivity index (χ2v) is 3.85. The molecule has 0 aromatic carbocycles. The zero-order valence-electron chi connectivity index (χ0n) is 6.91. The van der Waals surface area contributed by atoms with Crippen molar-refractivity contribution in [1.29, 1.82) is 0 Å². The predicted molar refractivity (Wildman–Crippen MR) is 43.0 cm³/mol. The van der Waals surface area contributed by atoms with E-state index in [9.17, 15) is 18.0 Å². The molecule has 0 unspecified atom stereocenters. The van der Waals surface area contributed by atoms with Gasteiger partial charge in [0.05, 0.1) is 0 Å². The van der Waals surface area contributed by atoms with Crippen LogP contribution in [0.5, 0.6) is 0 Å². The molecule has 0 aliphatic heterocycles. The quantitative estimate of drug-likeness (QED) is 0.355. The van der Waals surface area contributed by atoms with E-state index in [0.717, 1.165) is 0 Å². The number of hydrogen-bond acceptors (Lipinski definition) is 6. The van der Waals surface area contributed by atoms with Crippen molar-refractivity contribution >= 4 is 22.1 Å². The van der Waals surface area contributed by atoms with Gasteiger partial charge >= 0.3 is 11.9 Å². The van der Waals surface area contributed by atoms with Crippen molar-refractivity contribution in [2.75, 3.05) is 12.4 Å². The van der Waals surface area contributed by atoms with Crippen molar-refractivity contribution in [2.24, 2.45) is 5.73 Å². The lowest BCUT2D eigenvalue weighted by Crippen LogP contribution is -2.39. The number of hydrogen-bond donors (Lipinski definition) is 3. The molecular formula is C5H9NO7S. The molecule has 0 amide bonds. The average molecular weight is 227 g/mol. The number of carboxylic acid groups (broad SMARTS) is 1. The van der Waals surface area contributed by atoms with Gasteiger partial charge in [-0.2, -0.15) is 8.42 Å². The first-order valence-corrected chi connectivity index (χ1v) is 4.92. The maximum atomic E-state index is 10.7. The van der Waals surface area contributed by atoms with Crippen LogP contribution in [0.1, 0.15) is 0 Å². The van der Waals surface area contributed by atoms with Gasteiger partial charge in [0.2, 0.25) is 0 Å². The monoisotopic (exact) mass is 227 g/mol. The van der Waals surface area contributed by atoms with Gasteiger partial charge in [0.15, 0.2) is 6.61 Å². The summed E-state index contributed by atoms with van der Waals surface area (Å²) in [5, 5.41) is 8.09. The molecule has 8 nitrogen and oxygen atoms in total. The van der Waals surface area contributed by atoms with Gasteiger partial charge in [-0.25, -0.2) is 4.79 Å². The minimum absolute atomic E-state index is 0.905. The minimum Gasteiger partial charge on any atom is -0.479 e. The van der Waals surface area contributed by atoms with E-state index >= 15 is 0 Å². The summed E-state index contributed by atoms with van der Waals surface area (Å²) >= 11 is 0. The normalized spacial score (nSPS) is 13.3. The second-order valence-electron chi connectivity index (χ2n) is 2.36. The van der Waals surface area contributed by atoms with Gasteiger partial charge in [-0.05, 0) is 0 Å². The first-order valence-electron chi connectivity index (χ1n) is 3.31. The molecule has 4 N–H and O–H groups in total. The van der Waals surface area contributed by atoms with Crippen LogP contribution in [0, 0.1) is 0 Å². The van der Waals surface area contributed by atoms with Gasteiger partial charge in [-0.3, -0.25) is 9.35 Å². The fourth-order valence-electron chi connectivity index (χ4n) is 0.535. The number of ether oxygens (including phenoxy) is 1. The van der Waals surface area contributed by atoms with Crippen LogP contribution < -0.4 is 5.73 Å². The lowest BCUT2D eigenvalue weighted by molar-refractivity contribution is -0.155. The molecule has 0 aliphatic rings. The van der Waals surface area contributed by atoms with Gasteiger partial charge in [-0.1, -0.05) is 0 Å². The van der Waals surface area contributed by atoms with Crippen LogP contribution in [-0.2, 0) is 24.4 Å². The number of carbonyl (C=O) groups excluding carboxylic acids is 1. The predicted octanol–water partition coefficient (Wildman–Crippen LogP) is -2.17. The number of nitrogens with two attached hydrogens (primary N) is 1. The highest BCUT2D eigenvalue weighted by Gasteiger charge is 2.22. The molecule has 0 aliphatic carbocycles. The summed E-state index contributed by atoms with van der Waals surface area (Å²) in [6.07, 6.45) is 0. The highest BCUT2D eigenvalue weighted by atomic mass is 32.2. The molecule has 0 bridgehead atoms. The second kappa shape index (κ2) is 4.88. The van der Waals surface area contributed by atoms with Crippen molar-refractivity contribution < 1.29 is 32.4 Å². The number of aliphatic carboxylic acids is 1. The van der Waals surface area contributed by atoms with Gasteiger partial charge in [-0.15, -0.1) is 0 Å². The van der Waals surface area contributed by atoms with E-state index in [1.54, 1.807) is 0 Å². The Bertz CT molecular complexity index is 321. The number of carboxylic acids is 1. The molecule has 14 heavy (non-hydrogen) atoms. The maximum Gasteiger partial charge on any atom is 0.341 e. The third-order valence-electron chi connectivity index (χ3n) is 1.03. The number of carbonyl (C=O) groups is 2. The van der Waals surface area contributed by atoms with E-state index < -0.39 is 40.5 Å². The van der Waals surface area contributed by atoms with Crippen LogP contribution in [0.4, 0.5) is 0 Å². The van der Waals surface area contributed by atoms with Crippen molar-refractivity contribution in [1.82, 2.24) is 0 Å². The zero-order valence-corrected chi connectivity index (χ0v) is 7.73. The Balaban J connectivity index is 4.07. The van der Waals surface area contributed by atoms with Crippen LogP contribution in [0.3, 0.4) is 0 Å². The molecule has 82 valence electrons. The van der Waals surface area contributed by atoms with Crippen molar-refractivity contribution in [3.63, 3.8) is 0 Å². The number of rotatable bonds is 5. The summed E-state index contributed by atoms with van der Waals surface area (Å²) < 4.78 is 32.8. The van der Waals surface area contributed by atoms with Gasteiger partial charge in [0.1, 0.15) is 11.8 Å². The molecule has 0 spiro atoms. The summed E-state index contributed by atoms with van der Waals surface area (Å²) in [6.45, 7) is -0.905. The first-order chi connectivity index (χ1) is 6.22. The Labute approximate surface area is 79.4 Å². The van der Waals surface area contributed by atoms with Gasteiger partial charge in [0.25, 0.3) is 10.1 Å². The molecule has 0 aromatic rings. The van der Waals surface area contributed by atoms with Crippen molar-refractivity contribution in [2.45, 2.75) is 6.04 Å². The van der Waals surface area contributed by atoms with Crippen LogP contribution >= 0.6 is 0 Å². The Morgan fingerprint density at radius 3 is 2.29 bits per heavy atom. The van der Waals surface area contributed by atoms with Crippen LogP contribution in [-0.4, -0.2) is 48.4 Å². The molecule has 0 saturated heterocycles. The van der Waals surface area contributed by atoms with E-state index in [-0.39, 0.29) is 0 Å². The molecule has 1 atom stereocenters. The highest BCUT2D eigenvalue weighted by molar-refractivity contribution is 7.85. The topological polar surface area (TPSA) is 144 Å². The van der Waals surface area contributed by atoms with E-state index in [4.69, 9.17) is 15.4 Å². The molecule has 0 rings (SSSR count). The van der Waals surface area contributed by atoms with Gasteiger partial charge < -0.3 is 15.6 Å². The lowest BCUT2D eigenvalue weighted by Gasteiger charge is -2.07. The summed E-state index contributed by atoms with van der Waals surface area (Å²) in [5.41, 5.74) is 4.98. The Morgan fingerprint density at radius 1 is 1.43 bits per heavy atom. The van der Waals surface area contributed by atoms with Crippen molar-refractivity contribution in [3.8, 4) is 0 Å². The van der Waals surface area contributed by atoms with Crippen LogP contribution in [0.25, 0.3) is 0 Å². The summed E-state index contributed by atoms with van der Waals surface area (Å²) in [7, 11) is -4.38. The average Bonchev–Trinajstić information content (AvgIpc) is 1.96. The molecule has 0 aromatic heterocycles.